The number of nitrogens with zero attached hydrogens (tertiary/aromatic N) is 1. The summed E-state index contributed by atoms with van der Waals surface area (Å²) in [4.78, 5) is 21.8. The largest absolute Gasteiger partial charge is 0.478 e. The van der Waals surface area contributed by atoms with Gasteiger partial charge in [-0.1, -0.05) is 0 Å². The van der Waals surface area contributed by atoms with E-state index in [-0.39, 0.29) is 5.56 Å². The molecule has 0 amide bonds. The van der Waals surface area contributed by atoms with Crippen LogP contribution >= 0.6 is 0 Å². The third kappa shape index (κ3) is 1.39. The lowest BCUT2D eigenvalue weighted by Crippen LogP contribution is -1.99. The molecular weight excluding hydrogens is 206 g/mol. The van der Waals surface area contributed by atoms with Gasteiger partial charge in [-0.3, -0.25) is 4.79 Å². The van der Waals surface area contributed by atoms with E-state index in [0.29, 0.717) is 16.5 Å². The summed E-state index contributed by atoms with van der Waals surface area (Å²) in [5, 5.41) is 9.68. The molecule has 2 rings (SSSR count). The topological polar surface area (TPSA) is 59.3 Å². The predicted molar refractivity (Wildman–Crippen MR) is 60.0 cm³/mol. The first-order chi connectivity index (χ1) is 7.54. The Morgan fingerprint density at radius 2 is 2.12 bits per heavy atom. The van der Waals surface area contributed by atoms with E-state index in [9.17, 15) is 9.59 Å². The van der Waals surface area contributed by atoms with Crippen LogP contribution in [0.3, 0.4) is 0 Å². The number of hydrogen-bond donors (Lipinski definition) is 1. The van der Waals surface area contributed by atoms with E-state index in [1.54, 1.807) is 25.3 Å². The van der Waals surface area contributed by atoms with Gasteiger partial charge in [0.2, 0.25) is 0 Å². The maximum atomic E-state index is 11.0. The van der Waals surface area contributed by atoms with E-state index in [2.05, 4.69) is 0 Å². The highest BCUT2D eigenvalue weighted by Gasteiger charge is 2.12. The Morgan fingerprint density at radius 1 is 1.44 bits per heavy atom. The molecule has 1 aromatic heterocycles. The van der Waals surface area contributed by atoms with Crippen LogP contribution in [0.2, 0.25) is 0 Å². The lowest BCUT2D eigenvalue weighted by Gasteiger charge is -2.02. The van der Waals surface area contributed by atoms with Crippen molar-refractivity contribution in [3.05, 3.63) is 35.0 Å². The molecule has 16 heavy (non-hydrogen) atoms. The van der Waals surface area contributed by atoms with Crippen LogP contribution in [0.15, 0.2) is 18.3 Å². The van der Waals surface area contributed by atoms with Crippen molar-refractivity contribution < 1.29 is 14.7 Å². The number of carboxylic acid groups (broad SMARTS) is 1. The van der Waals surface area contributed by atoms with Gasteiger partial charge in [-0.25, -0.2) is 4.79 Å². The zero-order chi connectivity index (χ0) is 11.9. The molecule has 0 spiro atoms. The number of carbonyl (C=O) groups excluding carboxylic acids is 1. The molecule has 4 nitrogen and oxygen atoms in total. The predicted octanol–water partition coefficient (Wildman–Crippen LogP) is 2.00. The number of benzene rings is 1. The average molecular weight is 217 g/mol. The Bertz CT molecular complexity index is 596. The van der Waals surface area contributed by atoms with E-state index in [1.807, 2.05) is 11.6 Å². The Morgan fingerprint density at radius 3 is 2.69 bits per heavy atom. The Hall–Kier alpha value is -2.10. The number of aldehydes is 1. The molecule has 2 aromatic rings. The van der Waals surface area contributed by atoms with Gasteiger partial charge in [-0.05, 0) is 24.6 Å². The normalized spacial score (nSPS) is 10.6. The van der Waals surface area contributed by atoms with Gasteiger partial charge in [0.25, 0.3) is 0 Å². The molecule has 0 saturated heterocycles. The minimum atomic E-state index is -0.972. The summed E-state index contributed by atoms with van der Waals surface area (Å²) < 4.78 is 1.82. The minimum absolute atomic E-state index is 0.238. The fourth-order valence-electron chi connectivity index (χ4n) is 1.89. The highest BCUT2D eigenvalue weighted by atomic mass is 16.4. The van der Waals surface area contributed by atoms with Crippen LogP contribution in [0.5, 0.6) is 0 Å². The second kappa shape index (κ2) is 3.48. The number of aryl methyl sites for hydroxylation is 2. The van der Waals surface area contributed by atoms with E-state index >= 15 is 0 Å². The third-order valence-corrected chi connectivity index (χ3v) is 2.72. The molecule has 4 heteroatoms. The number of fused-ring (bicyclic) bond motifs is 1. The van der Waals surface area contributed by atoms with Crippen molar-refractivity contribution in [1.29, 1.82) is 0 Å². The first-order valence-corrected chi connectivity index (χ1v) is 4.82. The average Bonchev–Trinajstić information content (AvgIpc) is 2.54. The van der Waals surface area contributed by atoms with Crippen molar-refractivity contribution in [3.8, 4) is 0 Å². The number of rotatable bonds is 2. The van der Waals surface area contributed by atoms with Gasteiger partial charge >= 0.3 is 5.97 Å². The van der Waals surface area contributed by atoms with Crippen molar-refractivity contribution in [1.82, 2.24) is 4.57 Å². The van der Waals surface area contributed by atoms with Crippen LogP contribution in [0.25, 0.3) is 10.9 Å². The third-order valence-electron chi connectivity index (χ3n) is 2.72. The summed E-state index contributed by atoms with van der Waals surface area (Å²) in [6.07, 6.45) is 2.44. The van der Waals surface area contributed by atoms with Gasteiger partial charge in [-0.2, -0.15) is 0 Å². The van der Waals surface area contributed by atoms with Crippen molar-refractivity contribution in [3.63, 3.8) is 0 Å². The molecule has 0 saturated carbocycles. The number of hydrogen-bond acceptors (Lipinski definition) is 2. The van der Waals surface area contributed by atoms with E-state index in [1.165, 1.54) is 0 Å². The van der Waals surface area contributed by atoms with Gasteiger partial charge in [-0.15, -0.1) is 0 Å². The second-order valence-corrected chi connectivity index (χ2v) is 3.80. The van der Waals surface area contributed by atoms with Gasteiger partial charge in [0.15, 0.2) is 6.29 Å². The Labute approximate surface area is 92.1 Å². The summed E-state index contributed by atoms with van der Waals surface area (Å²) in [5.74, 6) is -0.972. The number of carboxylic acids is 1. The smallest absolute Gasteiger partial charge is 0.335 e. The SMILES string of the molecule is Cc1cc2c(cc1C(=O)O)c(C=O)cn2C. The second-order valence-electron chi connectivity index (χ2n) is 3.80. The summed E-state index contributed by atoms with van der Waals surface area (Å²) in [6, 6.07) is 3.34. The monoisotopic (exact) mass is 217 g/mol. The zero-order valence-corrected chi connectivity index (χ0v) is 9.02. The molecule has 1 aromatic carbocycles. The zero-order valence-electron chi connectivity index (χ0n) is 9.02. The Balaban J connectivity index is 2.86. The molecule has 0 aliphatic carbocycles. The summed E-state index contributed by atoms with van der Waals surface area (Å²) in [5.41, 5.74) is 2.31. The van der Waals surface area contributed by atoms with Crippen molar-refractivity contribution in [2.45, 2.75) is 6.92 Å². The van der Waals surface area contributed by atoms with E-state index in [0.717, 1.165) is 11.8 Å². The standard InChI is InChI=1S/C12H11NO3/c1-7-3-11-10(4-9(7)12(15)16)8(6-14)5-13(11)2/h3-6H,1-2H3,(H,15,16). The van der Waals surface area contributed by atoms with E-state index in [4.69, 9.17) is 5.11 Å². The number of aromatic carboxylic acids is 1. The molecule has 0 radical (unpaired) electrons. The highest BCUT2D eigenvalue weighted by molar-refractivity contribution is 6.02. The quantitative estimate of drug-likeness (QED) is 0.782. The molecule has 0 unspecified atom stereocenters. The van der Waals surface area contributed by atoms with Crippen LogP contribution < -0.4 is 0 Å². The van der Waals surface area contributed by atoms with Gasteiger partial charge < -0.3 is 9.67 Å². The molecule has 0 atom stereocenters. The molecule has 0 fully saturated rings. The highest BCUT2D eigenvalue weighted by Crippen LogP contribution is 2.23. The molecule has 0 aliphatic heterocycles. The first kappa shape index (κ1) is 10.4. The lowest BCUT2D eigenvalue weighted by molar-refractivity contribution is 0.0696. The van der Waals surface area contributed by atoms with Crippen molar-refractivity contribution in [2.75, 3.05) is 0 Å². The minimum Gasteiger partial charge on any atom is -0.478 e. The Kier molecular flexibility index (Phi) is 2.27. The van der Waals surface area contributed by atoms with Gasteiger partial charge in [0.05, 0.1) is 5.56 Å². The fourth-order valence-corrected chi connectivity index (χ4v) is 1.89. The molecule has 0 aliphatic rings. The van der Waals surface area contributed by atoms with Crippen LogP contribution in [0.4, 0.5) is 0 Å². The molecule has 0 bridgehead atoms. The van der Waals surface area contributed by atoms with Crippen LogP contribution in [0.1, 0.15) is 26.3 Å². The number of carbonyl (C=O) groups is 2. The first-order valence-electron chi connectivity index (χ1n) is 4.82. The van der Waals surface area contributed by atoms with Crippen molar-refractivity contribution in [2.24, 2.45) is 7.05 Å². The molecule has 1 N–H and O–H groups in total. The van der Waals surface area contributed by atoms with Gasteiger partial charge in [0, 0.05) is 29.7 Å². The maximum absolute atomic E-state index is 11.0. The summed E-state index contributed by atoms with van der Waals surface area (Å²) >= 11 is 0. The van der Waals surface area contributed by atoms with Crippen LogP contribution in [-0.2, 0) is 7.05 Å². The molecule has 82 valence electrons. The summed E-state index contributed by atoms with van der Waals surface area (Å²) in [7, 11) is 1.83. The molecular formula is C12H11NO3. The van der Waals surface area contributed by atoms with Gasteiger partial charge in [0.1, 0.15) is 0 Å². The van der Waals surface area contributed by atoms with Crippen LogP contribution in [-0.4, -0.2) is 21.9 Å². The fraction of sp³-hybridized carbons (Fsp3) is 0.167. The van der Waals surface area contributed by atoms with Crippen molar-refractivity contribution >= 4 is 23.2 Å². The van der Waals surface area contributed by atoms with Crippen LogP contribution in [0, 0.1) is 6.92 Å². The van der Waals surface area contributed by atoms with E-state index < -0.39 is 5.97 Å². The number of aromatic nitrogens is 1. The molecule has 1 heterocycles. The lowest BCUT2D eigenvalue weighted by atomic mass is 10.0. The maximum Gasteiger partial charge on any atom is 0.335 e. The summed E-state index contributed by atoms with van der Waals surface area (Å²) in [6.45, 7) is 1.75.